The van der Waals surface area contributed by atoms with Crippen LogP contribution in [-0.4, -0.2) is 41.0 Å². The van der Waals surface area contributed by atoms with E-state index in [1.807, 2.05) is 24.3 Å². The van der Waals surface area contributed by atoms with Crippen LogP contribution >= 0.6 is 0 Å². The Labute approximate surface area is 135 Å². The predicted molar refractivity (Wildman–Crippen MR) is 91.2 cm³/mol. The average Bonchev–Trinajstić information content (AvgIpc) is 2.77. The molecule has 2 saturated heterocycles. The molecule has 2 aliphatic heterocycles. The van der Waals surface area contributed by atoms with Crippen molar-refractivity contribution in [2.45, 2.75) is 43.8 Å². The molecule has 2 aromatic rings. The maximum Gasteiger partial charge on any atom is 0.255 e. The minimum Gasteiger partial charge on any atom is -0.397 e. The number of carbonyl (C=O) groups is 1. The molecule has 5 heteroatoms. The maximum atomic E-state index is 12.6. The lowest BCUT2D eigenvalue weighted by Gasteiger charge is -2.36. The highest BCUT2D eigenvalue weighted by atomic mass is 16.1. The summed E-state index contributed by atoms with van der Waals surface area (Å²) >= 11 is 0. The molecule has 0 saturated carbocycles. The molecule has 0 spiro atoms. The molecule has 0 radical (unpaired) electrons. The first-order valence-corrected chi connectivity index (χ1v) is 8.29. The normalized spacial score (nSPS) is 27.3. The summed E-state index contributed by atoms with van der Waals surface area (Å²) in [4.78, 5) is 19.5. The highest BCUT2D eigenvalue weighted by Crippen LogP contribution is 2.34. The molecule has 5 nitrogen and oxygen atoms in total. The van der Waals surface area contributed by atoms with Gasteiger partial charge < -0.3 is 16.0 Å². The van der Waals surface area contributed by atoms with E-state index in [0.717, 1.165) is 23.7 Å². The first-order chi connectivity index (χ1) is 11.1. The maximum absolute atomic E-state index is 12.6. The Morgan fingerprint density at radius 1 is 1.26 bits per heavy atom. The van der Waals surface area contributed by atoms with Gasteiger partial charge in [-0.15, -0.1) is 0 Å². The third-order valence-corrected chi connectivity index (χ3v) is 5.50. The average molecular weight is 310 g/mol. The first kappa shape index (κ1) is 14.5. The number of piperidine rings is 1. The number of pyridine rings is 1. The van der Waals surface area contributed by atoms with E-state index in [1.54, 1.807) is 6.20 Å². The van der Waals surface area contributed by atoms with Crippen LogP contribution in [0, 0.1) is 0 Å². The van der Waals surface area contributed by atoms with Gasteiger partial charge in [-0.25, -0.2) is 0 Å². The fraction of sp³-hybridized carbons (Fsp3) is 0.444. The number of nitrogens with two attached hydrogens (primary N) is 1. The van der Waals surface area contributed by atoms with Gasteiger partial charge in [-0.05, 0) is 38.8 Å². The number of fused-ring (bicyclic) bond motifs is 3. The van der Waals surface area contributed by atoms with Crippen molar-refractivity contribution in [3.8, 4) is 0 Å². The number of rotatable bonds is 2. The summed E-state index contributed by atoms with van der Waals surface area (Å²) in [5.74, 6) is -0.102. The zero-order valence-electron chi connectivity index (χ0n) is 13.3. The van der Waals surface area contributed by atoms with Gasteiger partial charge in [-0.1, -0.05) is 18.2 Å². The number of amides is 1. The standard InChI is InChI=1S/C18H22N4O/c1-22-12-6-7-13(22)9-11(8-12)21-18(23)15-10-20-16-5-3-2-4-14(16)17(15)19/h2-5,10-13H,6-9H2,1H3,(H2,19,20)(H,21,23). The predicted octanol–water partition coefficient (Wildman–Crippen LogP) is 2.17. The van der Waals surface area contributed by atoms with E-state index >= 15 is 0 Å². The van der Waals surface area contributed by atoms with E-state index in [9.17, 15) is 4.79 Å². The minimum atomic E-state index is -0.102. The van der Waals surface area contributed by atoms with Gasteiger partial charge >= 0.3 is 0 Å². The van der Waals surface area contributed by atoms with Crippen molar-refractivity contribution in [3.63, 3.8) is 0 Å². The minimum absolute atomic E-state index is 0.102. The lowest BCUT2D eigenvalue weighted by atomic mass is 9.97. The van der Waals surface area contributed by atoms with Crippen molar-refractivity contribution in [1.82, 2.24) is 15.2 Å². The van der Waals surface area contributed by atoms with Crippen LogP contribution in [0.15, 0.2) is 30.5 Å². The van der Waals surface area contributed by atoms with Gasteiger partial charge in [0.2, 0.25) is 0 Å². The molecule has 2 atom stereocenters. The van der Waals surface area contributed by atoms with Crippen molar-refractivity contribution in [2.24, 2.45) is 0 Å². The second-order valence-electron chi connectivity index (χ2n) is 6.79. The third kappa shape index (κ3) is 2.45. The van der Waals surface area contributed by atoms with Crippen molar-refractivity contribution in [1.29, 1.82) is 0 Å². The van der Waals surface area contributed by atoms with Crippen LogP contribution < -0.4 is 11.1 Å². The number of nitrogens with one attached hydrogen (secondary N) is 1. The Balaban J connectivity index is 1.55. The fourth-order valence-electron chi connectivity index (χ4n) is 4.14. The van der Waals surface area contributed by atoms with E-state index in [4.69, 9.17) is 5.73 Å². The lowest BCUT2D eigenvalue weighted by Crippen LogP contribution is -2.48. The van der Waals surface area contributed by atoms with Crippen LogP contribution in [0.3, 0.4) is 0 Å². The molecule has 120 valence electrons. The van der Waals surface area contributed by atoms with Crippen molar-refractivity contribution in [3.05, 3.63) is 36.0 Å². The second-order valence-corrected chi connectivity index (χ2v) is 6.79. The summed E-state index contributed by atoms with van der Waals surface area (Å²) in [7, 11) is 2.20. The first-order valence-electron chi connectivity index (χ1n) is 8.29. The Bertz CT molecular complexity index is 746. The molecule has 2 bridgehead atoms. The topological polar surface area (TPSA) is 71.2 Å². The number of aromatic nitrogens is 1. The number of para-hydroxylation sites is 1. The summed E-state index contributed by atoms with van der Waals surface area (Å²) in [5, 5.41) is 4.01. The van der Waals surface area contributed by atoms with Crippen LogP contribution in [0.2, 0.25) is 0 Å². The SMILES string of the molecule is CN1C2CCC1CC(NC(=O)c1cnc3ccccc3c1N)C2. The number of nitrogen functional groups attached to an aromatic ring is 1. The van der Waals surface area contributed by atoms with E-state index in [1.165, 1.54) is 12.8 Å². The molecule has 2 fully saturated rings. The Morgan fingerprint density at radius 2 is 1.96 bits per heavy atom. The molecule has 1 amide bonds. The molecular weight excluding hydrogens is 288 g/mol. The number of carbonyl (C=O) groups excluding carboxylic acids is 1. The van der Waals surface area contributed by atoms with Gasteiger partial charge in [-0.3, -0.25) is 9.78 Å². The molecule has 4 rings (SSSR count). The van der Waals surface area contributed by atoms with E-state index in [0.29, 0.717) is 23.3 Å². The highest BCUT2D eigenvalue weighted by molar-refractivity contribution is 6.06. The van der Waals surface area contributed by atoms with Gasteiger partial charge in [0.05, 0.1) is 16.8 Å². The summed E-state index contributed by atoms with van der Waals surface area (Å²) in [5.41, 5.74) is 8.02. The number of nitrogens with zero attached hydrogens (tertiary/aromatic N) is 2. The smallest absolute Gasteiger partial charge is 0.255 e. The molecule has 1 aromatic carbocycles. The number of benzene rings is 1. The van der Waals surface area contributed by atoms with E-state index in [-0.39, 0.29) is 11.9 Å². The van der Waals surface area contributed by atoms with E-state index < -0.39 is 0 Å². The quantitative estimate of drug-likeness (QED) is 0.892. The molecular formula is C18H22N4O. The zero-order valence-corrected chi connectivity index (χ0v) is 13.3. The van der Waals surface area contributed by atoms with Crippen LogP contribution in [0.25, 0.3) is 10.9 Å². The van der Waals surface area contributed by atoms with Gasteiger partial charge in [0.25, 0.3) is 5.91 Å². The summed E-state index contributed by atoms with van der Waals surface area (Å²) in [6.07, 6.45) is 6.14. The molecule has 0 aliphatic carbocycles. The molecule has 2 aliphatic rings. The Morgan fingerprint density at radius 3 is 2.70 bits per heavy atom. The van der Waals surface area contributed by atoms with Crippen LogP contribution in [0.1, 0.15) is 36.0 Å². The van der Waals surface area contributed by atoms with Crippen molar-refractivity contribution in [2.75, 3.05) is 12.8 Å². The fourth-order valence-corrected chi connectivity index (χ4v) is 4.14. The molecule has 1 aromatic heterocycles. The van der Waals surface area contributed by atoms with E-state index in [2.05, 4.69) is 22.2 Å². The molecule has 23 heavy (non-hydrogen) atoms. The number of hydrogen-bond acceptors (Lipinski definition) is 4. The highest BCUT2D eigenvalue weighted by Gasteiger charge is 2.38. The largest absolute Gasteiger partial charge is 0.397 e. The molecule has 3 N–H and O–H groups in total. The second kappa shape index (κ2) is 5.49. The number of hydrogen-bond donors (Lipinski definition) is 2. The van der Waals surface area contributed by atoms with Gasteiger partial charge in [-0.2, -0.15) is 0 Å². The summed E-state index contributed by atoms with van der Waals surface area (Å²) < 4.78 is 0. The van der Waals surface area contributed by atoms with Gasteiger partial charge in [0.15, 0.2) is 0 Å². The van der Waals surface area contributed by atoms with Gasteiger partial charge in [0, 0.05) is 29.7 Å². The third-order valence-electron chi connectivity index (χ3n) is 5.50. The van der Waals surface area contributed by atoms with Crippen molar-refractivity contribution < 1.29 is 4.79 Å². The summed E-state index contributed by atoms with van der Waals surface area (Å²) in [6, 6.07) is 9.09. The van der Waals surface area contributed by atoms with Crippen LogP contribution in [0.4, 0.5) is 5.69 Å². The Kier molecular flexibility index (Phi) is 3.45. The monoisotopic (exact) mass is 310 g/mol. The zero-order chi connectivity index (χ0) is 16.0. The van der Waals surface area contributed by atoms with Gasteiger partial charge in [0.1, 0.15) is 0 Å². The molecule has 2 unspecified atom stereocenters. The molecule has 3 heterocycles. The lowest BCUT2D eigenvalue weighted by molar-refractivity contribution is 0.0883. The Hall–Kier alpha value is -2.14. The number of anilines is 1. The summed E-state index contributed by atoms with van der Waals surface area (Å²) in [6.45, 7) is 0. The van der Waals surface area contributed by atoms with Crippen LogP contribution in [-0.2, 0) is 0 Å². The van der Waals surface area contributed by atoms with Crippen LogP contribution in [0.5, 0.6) is 0 Å². The van der Waals surface area contributed by atoms with Crippen molar-refractivity contribution >= 4 is 22.5 Å².